The van der Waals surface area contributed by atoms with E-state index in [9.17, 15) is 4.21 Å². The van der Waals surface area contributed by atoms with Crippen molar-refractivity contribution in [2.45, 2.75) is 70.1 Å². The minimum Gasteiger partial charge on any atom is -0.327 e. The summed E-state index contributed by atoms with van der Waals surface area (Å²) in [5.74, 6) is 0.608. The highest BCUT2D eigenvalue weighted by atomic mass is 32.2. The first kappa shape index (κ1) is 16.7. The van der Waals surface area contributed by atoms with Crippen LogP contribution in [0.3, 0.4) is 0 Å². The molecular weight excluding hydrogens is 278 g/mol. The molecule has 1 aliphatic carbocycles. The van der Waals surface area contributed by atoms with Crippen molar-refractivity contribution >= 4 is 10.8 Å². The Morgan fingerprint density at radius 3 is 2.48 bits per heavy atom. The largest absolute Gasteiger partial charge is 0.327 e. The Hall–Kier alpha value is -0.670. The second kappa shape index (κ2) is 6.21. The van der Waals surface area contributed by atoms with Gasteiger partial charge < -0.3 is 5.73 Å². The first-order chi connectivity index (χ1) is 9.70. The summed E-state index contributed by atoms with van der Waals surface area (Å²) in [6.45, 7) is 11.0. The van der Waals surface area contributed by atoms with Crippen LogP contribution in [0.25, 0.3) is 0 Å². The second-order valence-corrected chi connectivity index (χ2v) is 9.28. The molecule has 1 fully saturated rings. The van der Waals surface area contributed by atoms with Crippen LogP contribution in [-0.4, -0.2) is 15.5 Å². The van der Waals surface area contributed by atoms with Crippen molar-refractivity contribution in [3.8, 4) is 0 Å². The van der Waals surface area contributed by atoms with E-state index < -0.39 is 10.8 Å². The number of rotatable bonds is 2. The molecule has 2 rings (SSSR count). The van der Waals surface area contributed by atoms with Gasteiger partial charge in [-0.3, -0.25) is 4.21 Å². The lowest BCUT2D eigenvalue weighted by molar-refractivity contribution is 0.173. The quantitative estimate of drug-likeness (QED) is 0.899. The molecule has 118 valence electrons. The molecule has 2 N–H and O–H groups in total. The van der Waals surface area contributed by atoms with Gasteiger partial charge in [-0.2, -0.15) is 0 Å². The Morgan fingerprint density at radius 1 is 1.19 bits per heavy atom. The fourth-order valence-electron chi connectivity index (χ4n) is 3.27. The lowest BCUT2D eigenvalue weighted by atomic mass is 9.71. The molecule has 0 saturated heterocycles. The highest BCUT2D eigenvalue weighted by Crippen LogP contribution is 2.40. The SMILES string of the molecule is Cc1ccc(C)c(S(=O)C2CC(C(C)(C)C)CCC2N)c1. The minimum atomic E-state index is -1.00. The highest BCUT2D eigenvalue weighted by molar-refractivity contribution is 7.85. The van der Waals surface area contributed by atoms with E-state index in [1.54, 1.807) is 0 Å². The maximum absolute atomic E-state index is 13.1. The lowest BCUT2D eigenvalue weighted by Crippen LogP contribution is -2.45. The molecule has 0 bridgehead atoms. The zero-order valence-corrected chi connectivity index (χ0v) is 14.8. The van der Waals surface area contributed by atoms with Crippen LogP contribution in [0.4, 0.5) is 0 Å². The Balaban J connectivity index is 2.26. The Kier molecular flexibility index (Phi) is 4.94. The van der Waals surface area contributed by atoms with Crippen LogP contribution in [0, 0.1) is 25.2 Å². The van der Waals surface area contributed by atoms with E-state index in [1.807, 2.05) is 6.92 Å². The number of nitrogens with two attached hydrogens (primary N) is 1. The van der Waals surface area contributed by atoms with Gasteiger partial charge in [-0.15, -0.1) is 0 Å². The predicted octanol–water partition coefficient (Wildman–Crippen LogP) is 3.95. The van der Waals surface area contributed by atoms with Gasteiger partial charge in [0.05, 0.1) is 16.0 Å². The average molecular weight is 308 g/mol. The molecule has 0 spiro atoms. The van der Waals surface area contributed by atoms with E-state index in [1.165, 1.54) is 5.56 Å². The van der Waals surface area contributed by atoms with Gasteiger partial charge in [0.25, 0.3) is 0 Å². The van der Waals surface area contributed by atoms with E-state index in [0.717, 1.165) is 29.7 Å². The third-order valence-electron chi connectivity index (χ3n) is 4.90. The first-order valence-corrected chi connectivity index (χ1v) is 9.15. The molecule has 0 aliphatic heterocycles. The zero-order valence-electron chi connectivity index (χ0n) is 14.0. The van der Waals surface area contributed by atoms with Gasteiger partial charge in [-0.25, -0.2) is 0 Å². The summed E-state index contributed by atoms with van der Waals surface area (Å²) in [6.07, 6.45) is 3.12. The van der Waals surface area contributed by atoms with Gasteiger partial charge in [0.2, 0.25) is 0 Å². The van der Waals surface area contributed by atoms with Gasteiger partial charge in [-0.05, 0) is 61.6 Å². The fraction of sp³-hybridized carbons (Fsp3) is 0.667. The smallest absolute Gasteiger partial charge is 0.0579 e. The van der Waals surface area contributed by atoms with Crippen molar-refractivity contribution in [1.29, 1.82) is 0 Å². The average Bonchev–Trinajstić information content (AvgIpc) is 2.40. The number of hydrogen-bond donors (Lipinski definition) is 1. The fourth-order valence-corrected chi connectivity index (χ4v) is 5.15. The van der Waals surface area contributed by atoms with Crippen LogP contribution in [0.1, 0.15) is 51.2 Å². The molecule has 2 nitrogen and oxygen atoms in total. The summed E-state index contributed by atoms with van der Waals surface area (Å²) in [7, 11) is -1.00. The van der Waals surface area contributed by atoms with Crippen molar-refractivity contribution in [1.82, 2.24) is 0 Å². The Morgan fingerprint density at radius 2 is 1.86 bits per heavy atom. The zero-order chi connectivity index (χ0) is 15.8. The van der Waals surface area contributed by atoms with Gasteiger partial charge in [0.15, 0.2) is 0 Å². The van der Waals surface area contributed by atoms with E-state index in [2.05, 4.69) is 45.9 Å². The molecule has 0 amide bonds. The minimum absolute atomic E-state index is 0.0596. The standard InChI is InChI=1S/C18H29NOS/c1-12-6-7-13(2)16(10-12)21(20)17-11-14(18(3,4)5)8-9-15(17)19/h6-7,10,14-15,17H,8-9,11,19H2,1-5H3. The summed E-state index contributed by atoms with van der Waals surface area (Å²) >= 11 is 0. The molecule has 1 saturated carbocycles. The third-order valence-corrected chi connectivity index (χ3v) is 6.87. The molecule has 1 aromatic carbocycles. The van der Waals surface area contributed by atoms with Gasteiger partial charge in [0.1, 0.15) is 0 Å². The second-order valence-electron chi connectivity index (χ2n) is 7.64. The first-order valence-electron chi connectivity index (χ1n) is 7.93. The topological polar surface area (TPSA) is 43.1 Å². The van der Waals surface area contributed by atoms with Gasteiger partial charge >= 0.3 is 0 Å². The molecule has 4 unspecified atom stereocenters. The van der Waals surface area contributed by atoms with Crippen LogP contribution in [0.2, 0.25) is 0 Å². The van der Waals surface area contributed by atoms with Crippen molar-refractivity contribution < 1.29 is 4.21 Å². The van der Waals surface area contributed by atoms with Crippen LogP contribution in [0.5, 0.6) is 0 Å². The van der Waals surface area contributed by atoms with Crippen LogP contribution in [-0.2, 0) is 10.8 Å². The maximum atomic E-state index is 13.1. The number of benzene rings is 1. The molecule has 0 heterocycles. The molecule has 21 heavy (non-hydrogen) atoms. The van der Waals surface area contributed by atoms with Crippen molar-refractivity contribution in [2.24, 2.45) is 17.1 Å². The maximum Gasteiger partial charge on any atom is 0.0579 e. The predicted molar refractivity (Wildman–Crippen MR) is 90.9 cm³/mol. The molecule has 3 heteroatoms. The highest BCUT2D eigenvalue weighted by Gasteiger charge is 2.37. The van der Waals surface area contributed by atoms with E-state index in [4.69, 9.17) is 5.73 Å². The molecule has 0 radical (unpaired) electrons. The summed E-state index contributed by atoms with van der Waals surface area (Å²) in [6, 6.07) is 6.27. The molecular formula is C18H29NOS. The van der Waals surface area contributed by atoms with Crippen molar-refractivity contribution in [3.63, 3.8) is 0 Å². The van der Waals surface area contributed by atoms with Gasteiger partial charge in [-0.1, -0.05) is 32.9 Å². The van der Waals surface area contributed by atoms with E-state index >= 15 is 0 Å². The molecule has 1 aliphatic rings. The van der Waals surface area contributed by atoms with Crippen molar-refractivity contribution in [3.05, 3.63) is 29.3 Å². The normalized spacial score (nSPS) is 28.4. The summed E-state index contributed by atoms with van der Waals surface area (Å²) < 4.78 is 13.1. The van der Waals surface area contributed by atoms with E-state index in [-0.39, 0.29) is 16.7 Å². The summed E-state index contributed by atoms with van der Waals surface area (Å²) in [5.41, 5.74) is 8.87. The van der Waals surface area contributed by atoms with Crippen LogP contribution < -0.4 is 5.73 Å². The third kappa shape index (κ3) is 3.75. The lowest BCUT2D eigenvalue weighted by Gasteiger charge is -2.40. The molecule has 0 aromatic heterocycles. The Bertz CT molecular complexity index is 533. The molecule has 1 aromatic rings. The van der Waals surface area contributed by atoms with Crippen molar-refractivity contribution in [2.75, 3.05) is 0 Å². The monoisotopic (exact) mass is 307 g/mol. The number of hydrogen-bond acceptors (Lipinski definition) is 2. The van der Waals surface area contributed by atoms with Crippen LogP contribution in [0.15, 0.2) is 23.1 Å². The van der Waals surface area contributed by atoms with Gasteiger partial charge in [0, 0.05) is 10.9 Å². The Labute approximate surface area is 132 Å². The molecule has 4 atom stereocenters. The number of aryl methyl sites for hydroxylation is 2. The van der Waals surface area contributed by atoms with E-state index in [0.29, 0.717) is 5.92 Å². The van der Waals surface area contributed by atoms with Crippen LogP contribution >= 0.6 is 0 Å². The summed E-state index contributed by atoms with van der Waals surface area (Å²) in [4.78, 5) is 0.977. The summed E-state index contributed by atoms with van der Waals surface area (Å²) in [5, 5.41) is 0.0866.